The van der Waals surface area contributed by atoms with Crippen molar-refractivity contribution in [1.29, 1.82) is 0 Å². The maximum absolute atomic E-state index is 11.8. The molecule has 0 fully saturated rings. The normalized spacial score (nSPS) is 9.90. The summed E-state index contributed by atoms with van der Waals surface area (Å²) < 4.78 is 13.3. The van der Waals surface area contributed by atoms with E-state index >= 15 is 0 Å². The number of unbranched alkanes of at least 4 members (excludes halogenated alkanes) is 1. The summed E-state index contributed by atoms with van der Waals surface area (Å²) in [5.41, 5.74) is 9.74. The smallest absolute Gasteiger partial charge is 0.353 e. The summed E-state index contributed by atoms with van der Waals surface area (Å²) in [5, 5.41) is 15.3. The fraction of sp³-hybridized carbons (Fsp3) is 0.145. The number of H-pyrrole nitrogens is 5. The molecule has 0 saturated heterocycles. The first-order valence-electron chi connectivity index (χ1n) is 25.1. The zero-order valence-corrected chi connectivity index (χ0v) is 52.8. The van der Waals surface area contributed by atoms with Crippen LogP contribution >= 0.6 is 92.4 Å². The van der Waals surface area contributed by atoms with Crippen molar-refractivity contribution in [3.05, 3.63) is 246 Å². The van der Waals surface area contributed by atoms with Crippen molar-refractivity contribution in [3.8, 4) is 0 Å². The highest BCUT2D eigenvalue weighted by molar-refractivity contribution is 7.14. The number of carbonyl (C=O) groups is 1. The minimum atomic E-state index is -0.984. The molecular formula is C55H57Cl2N15O8S6. The third-order valence-electron chi connectivity index (χ3n) is 10.6. The first-order chi connectivity index (χ1) is 41.4. The lowest BCUT2D eigenvalue weighted by atomic mass is 10.3. The molecule has 8 N–H and O–H groups in total. The quantitative estimate of drug-likeness (QED) is 0.0863. The number of hydrogen-bond donors (Lipinski definition) is 7. The highest BCUT2D eigenvalue weighted by Gasteiger charge is 2.06. The predicted molar refractivity (Wildman–Crippen MR) is 352 cm³/mol. The zero-order chi connectivity index (χ0) is 62.4. The molecule has 14 rings (SSSR count). The number of nitrogens with zero attached hydrogens (tertiary/aromatic N) is 9. The van der Waals surface area contributed by atoms with Crippen molar-refractivity contribution in [2.24, 2.45) is 28.2 Å². The van der Waals surface area contributed by atoms with Gasteiger partial charge in [-0.15, -0.1) is 0 Å². The number of carboxylic acids is 1. The van der Waals surface area contributed by atoms with Crippen LogP contribution in [0.4, 0.5) is 5.95 Å². The summed E-state index contributed by atoms with van der Waals surface area (Å²) in [6.07, 6.45) is 11.6. The standard InChI is InChI=1S/C11H13NOS.C7H7N3.C7H6N2.C7H5NOS.2C4H4ClNOS.C4H4N2O2.2C4H5NOS.C3H4N2/c1-2-3-8-12-11(13)9-6-4-5-7-10(9)14-12;8-7-9-5-3-1-2-4-6(5)10-7;1-2-4-7-6(3-1)8-5-9-7;9-7-5-3-1-2-4-6(5)10-8-7;1-6-4(7)3(5)2-8-6;1-6-4(7)2-3(5)8-6;7-4(8)3-1-5-2-6-3;2*1-5-4(6)2-3-7-5;1-2-5-3-4-1/h4-7H,2-3,8H2,1H3;1-4H,(H3,8,9,10);1-5H,(H,8,9);1-4H,(H,8,9);2*2H,1H3;1-2H,(H,5,6)(H,7,8);2*2-3H,1H3;1-3H,(H,4,5). The summed E-state index contributed by atoms with van der Waals surface area (Å²) in [6, 6.07) is 35.5. The molecular weight excluding hydrogens is 1260 g/mol. The van der Waals surface area contributed by atoms with E-state index in [9.17, 15) is 33.6 Å². The molecule has 0 aliphatic rings. The Morgan fingerprint density at radius 1 is 0.651 bits per heavy atom. The number of nitrogens with one attached hydrogen (secondary N) is 5. The highest BCUT2D eigenvalue weighted by atomic mass is 35.5. The molecule has 23 nitrogen and oxygen atoms in total. The van der Waals surface area contributed by atoms with Crippen LogP contribution < -0.4 is 39.1 Å². The van der Waals surface area contributed by atoms with Crippen molar-refractivity contribution in [3.63, 3.8) is 0 Å². The SMILES string of the molecule is CCCCn1sc2ccccc2c1=O.Cn1sc(Cl)cc1=O.Cn1scc(Cl)c1=O.Cn1sccc1=O.Cn1sccc1=O.Nc1nc2ccccc2[nH]1.O=C(O)c1cnc[nH]1.O=c1[nH]sc2ccccc12.c1c[nH]cn1.c1ccc2[nH]cnc2c1. The Balaban J connectivity index is 0.000000176. The number of benzene rings is 4. The molecule has 10 heterocycles. The van der Waals surface area contributed by atoms with Crippen LogP contribution in [0.2, 0.25) is 9.36 Å². The lowest BCUT2D eigenvalue weighted by Crippen LogP contribution is -2.12. The number of aryl methyl sites for hydroxylation is 5. The molecule has 0 bridgehead atoms. The van der Waals surface area contributed by atoms with E-state index in [1.54, 1.807) is 101 Å². The van der Waals surface area contributed by atoms with Crippen molar-refractivity contribution in [2.75, 3.05) is 5.73 Å². The molecule has 0 amide bonds. The second-order valence-electron chi connectivity index (χ2n) is 16.7. The van der Waals surface area contributed by atoms with Crippen molar-refractivity contribution in [2.45, 2.75) is 26.3 Å². The van der Waals surface area contributed by atoms with Gasteiger partial charge in [0.1, 0.15) is 15.1 Å². The second-order valence-corrected chi connectivity index (χ2v) is 23.9. The molecule has 0 aliphatic heterocycles. The molecule has 0 aliphatic carbocycles. The van der Waals surface area contributed by atoms with Gasteiger partial charge in [0.25, 0.3) is 33.4 Å². The van der Waals surface area contributed by atoms with Gasteiger partial charge in [-0.05, 0) is 66.5 Å². The zero-order valence-electron chi connectivity index (χ0n) is 46.4. The molecule has 0 atom stereocenters. The molecule has 0 saturated carbocycles. The fourth-order valence-corrected chi connectivity index (χ4v) is 10.9. The number of aromatic nitrogens is 14. The molecule has 86 heavy (non-hydrogen) atoms. The van der Waals surface area contributed by atoms with Crippen LogP contribution in [0.25, 0.3) is 42.2 Å². The Morgan fingerprint density at radius 3 is 1.70 bits per heavy atom. The molecule has 4 aromatic carbocycles. The van der Waals surface area contributed by atoms with Crippen LogP contribution in [0.5, 0.6) is 0 Å². The number of aromatic carboxylic acids is 1. The van der Waals surface area contributed by atoms with E-state index < -0.39 is 5.97 Å². The molecule has 0 radical (unpaired) electrons. The van der Waals surface area contributed by atoms with Gasteiger partial charge in [-0.25, -0.2) is 24.7 Å². The average Bonchev–Trinajstić information content (AvgIpc) is 3.65. The van der Waals surface area contributed by atoms with E-state index in [-0.39, 0.29) is 39.0 Å². The Bertz CT molecular complexity index is 4420. The summed E-state index contributed by atoms with van der Waals surface area (Å²) in [7, 11) is 6.84. The number of halogens is 2. The number of rotatable bonds is 4. The Morgan fingerprint density at radius 2 is 1.28 bits per heavy atom. The van der Waals surface area contributed by atoms with Crippen LogP contribution in [0.3, 0.4) is 0 Å². The Labute approximate surface area is 523 Å². The van der Waals surface area contributed by atoms with Crippen molar-refractivity contribution >= 4 is 147 Å². The summed E-state index contributed by atoms with van der Waals surface area (Å²) in [6.45, 7) is 2.99. The molecule has 14 aromatic rings. The van der Waals surface area contributed by atoms with Crippen LogP contribution in [0.1, 0.15) is 30.3 Å². The van der Waals surface area contributed by atoms with E-state index in [2.05, 4.69) is 51.2 Å². The van der Waals surface area contributed by atoms with E-state index in [4.69, 9.17) is 34.0 Å². The lowest BCUT2D eigenvalue weighted by Gasteiger charge is -1.95. The third-order valence-corrected chi connectivity index (χ3v) is 16.4. The van der Waals surface area contributed by atoms with Gasteiger partial charge >= 0.3 is 5.97 Å². The predicted octanol–water partition coefficient (Wildman–Crippen LogP) is 10.8. The molecule has 10 aromatic heterocycles. The molecule has 31 heteroatoms. The topological polar surface area (TPSA) is 321 Å². The number of aromatic amines is 5. The summed E-state index contributed by atoms with van der Waals surface area (Å²) in [4.78, 5) is 101. The fourth-order valence-electron chi connectivity index (χ4n) is 6.24. The number of imidazole rings is 4. The second kappa shape index (κ2) is 36.1. The van der Waals surface area contributed by atoms with Crippen molar-refractivity contribution < 1.29 is 9.90 Å². The number of nitrogens with two attached hydrogens (primary N) is 1. The molecule has 0 unspecified atom stereocenters. The van der Waals surface area contributed by atoms with Gasteiger partial charge < -0.3 is 30.8 Å². The largest absolute Gasteiger partial charge is 0.477 e. The van der Waals surface area contributed by atoms with E-state index in [1.807, 2.05) is 101 Å². The van der Waals surface area contributed by atoms with E-state index in [0.717, 1.165) is 61.6 Å². The minimum absolute atomic E-state index is 0.0144. The first kappa shape index (κ1) is 68.0. The number of para-hydroxylation sites is 4. The van der Waals surface area contributed by atoms with Crippen LogP contribution in [-0.2, 0) is 34.7 Å². The number of nitrogen functional groups attached to an aromatic ring is 1. The van der Waals surface area contributed by atoms with Crippen LogP contribution in [-0.4, -0.2) is 75.1 Å². The minimum Gasteiger partial charge on any atom is -0.477 e. The summed E-state index contributed by atoms with van der Waals surface area (Å²) >= 11 is 19.2. The van der Waals surface area contributed by atoms with E-state index in [0.29, 0.717) is 15.3 Å². The number of anilines is 1. The van der Waals surface area contributed by atoms with Gasteiger partial charge in [0, 0.05) is 81.5 Å². The molecule has 0 spiro atoms. The lowest BCUT2D eigenvalue weighted by molar-refractivity contribution is 0.0691. The molecule has 450 valence electrons. The first-order valence-corrected chi connectivity index (χ1v) is 30.7. The van der Waals surface area contributed by atoms with Gasteiger partial charge in [0.05, 0.1) is 67.4 Å². The number of carboxylic acid groups (broad SMARTS) is 1. The third kappa shape index (κ3) is 22.6. The van der Waals surface area contributed by atoms with Gasteiger partial charge in [0.15, 0.2) is 5.95 Å². The Kier molecular flexibility index (Phi) is 28.6. The monoisotopic (exact) mass is 1320 g/mol. The van der Waals surface area contributed by atoms with Gasteiger partial charge in [-0.2, -0.15) is 0 Å². The van der Waals surface area contributed by atoms with Crippen LogP contribution in [0.15, 0.2) is 198 Å². The maximum Gasteiger partial charge on any atom is 0.353 e. The van der Waals surface area contributed by atoms with Gasteiger partial charge in [0.2, 0.25) is 0 Å². The number of hydrogen-bond acceptors (Lipinski definition) is 18. The van der Waals surface area contributed by atoms with Gasteiger partial charge in [-0.1, -0.05) is 143 Å². The van der Waals surface area contributed by atoms with Gasteiger partial charge in [-0.3, -0.25) is 52.9 Å². The highest BCUT2D eigenvalue weighted by Crippen LogP contribution is 2.17. The van der Waals surface area contributed by atoms with Crippen molar-refractivity contribution in [1.82, 2.24) is 64.0 Å². The Hall–Kier alpha value is -8.81. The maximum atomic E-state index is 11.8. The number of fused-ring (bicyclic) bond motifs is 4. The van der Waals surface area contributed by atoms with E-state index in [1.165, 1.54) is 84.2 Å². The summed E-state index contributed by atoms with van der Waals surface area (Å²) in [5.74, 6) is -0.510. The van der Waals surface area contributed by atoms with Crippen LogP contribution in [0, 0.1) is 0 Å². The average molecular weight is 1320 g/mol.